The molecule has 1 atom stereocenters. The van der Waals surface area contributed by atoms with Crippen LogP contribution in [0.3, 0.4) is 0 Å². The summed E-state index contributed by atoms with van der Waals surface area (Å²) in [6.45, 7) is 2.05. The molecular formula is C9H18N2O2. The Morgan fingerprint density at radius 1 is 1.69 bits per heavy atom. The number of likely N-dealkylation sites (tertiary alicyclic amines) is 1. The van der Waals surface area contributed by atoms with E-state index in [2.05, 4.69) is 5.32 Å². The lowest BCUT2D eigenvalue weighted by Crippen LogP contribution is -2.45. The van der Waals surface area contributed by atoms with E-state index in [0.717, 1.165) is 25.9 Å². The van der Waals surface area contributed by atoms with Gasteiger partial charge in [0.1, 0.15) is 0 Å². The highest BCUT2D eigenvalue weighted by molar-refractivity contribution is 5.78. The lowest BCUT2D eigenvalue weighted by atomic mass is 10.1. The highest BCUT2D eigenvalue weighted by atomic mass is 16.5. The Balaban J connectivity index is 2.37. The van der Waals surface area contributed by atoms with Gasteiger partial charge in [-0.1, -0.05) is 0 Å². The number of nitrogens with zero attached hydrogens (tertiary/aromatic N) is 1. The average Bonchev–Trinajstić information content (AvgIpc) is 2.18. The first-order chi connectivity index (χ1) is 6.27. The number of carbonyl (C=O) groups is 1. The fraction of sp³-hybridized carbons (Fsp3) is 0.889. The third-order valence-corrected chi connectivity index (χ3v) is 2.39. The number of carbonyl (C=O) groups excluding carboxylic acids is 1. The van der Waals surface area contributed by atoms with Gasteiger partial charge in [0.15, 0.2) is 0 Å². The molecule has 4 nitrogen and oxygen atoms in total. The zero-order valence-electron chi connectivity index (χ0n) is 8.38. The number of rotatable bonds is 3. The molecule has 1 amide bonds. The summed E-state index contributed by atoms with van der Waals surface area (Å²) in [4.78, 5) is 13.3. The van der Waals surface area contributed by atoms with E-state index in [1.165, 1.54) is 0 Å². The number of nitrogens with one attached hydrogen (secondary N) is 1. The predicted octanol–water partition coefficient (Wildman–Crippen LogP) is -0.157. The molecule has 0 bridgehead atoms. The summed E-state index contributed by atoms with van der Waals surface area (Å²) >= 11 is 0. The van der Waals surface area contributed by atoms with Crippen LogP contribution >= 0.6 is 0 Å². The van der Waals surface area contributed by atoms with Crippen molar-refractivity contribution in [2.45, 2.75) is 18.9 Å². The van der Waals surface area contributed by atoms with Crippen molar-refractivity contribution in [1.29, 1.82) is 0 Å². The Kier molecular flexibility index (Phi) is 4.18. The normalized spacial score (nSPS) is 23.2. The Labute approximate surface area is 79.2 Å². The van der Waals surface area contributed by atoms with Crippen LogP contribution in [0.4, 0.5) is 0 Å². The molecule has 1 fully saturated rings. The Hall–Kier alpha value is -0.610. The van der Waals surface area contributed by atoms with E-state index in [-0.39, 0.29) is 12.0 Å². The fourth-order valence-corrected chi connectivity index (χ4v) is 1.62. The van der Waals surface area contributed by atoms with Gasteiger partial charge in [-0.25, -0.2) is 0 Å². The van der Waals surface area contributed by atoms with Gasteiger partial charge in [-0.05, 0) is 19.9 Å². The van der Waals surface area contributed by atoms with Crippen molar-refractivity contribution < 1.29 is 9.53 Å². The summed E-state index contributed by atoms with van der Waals surface area (Å²) in [6, 6.07) is 0. The number of hydrogen-bond acceptors (Lipinski definition) is 3. The molecular weight excluding hydrogens is 168 g/mol. The molecule has 1 heterocycles. The molecule has 13 heavy (non-hydrogen) atoms. The van der Waals surface area contributed by atoms with E-state index in [1.807, 2.05) is 4.90 Å². The predicted molar refractivity (Wildman–Crippen MR) is 50.5 cm³/mol. The van der Waals surface area contributed by atoms with Crippen LogP contribution < -0.4 is 5.32 Å². The van der Waals surface area contributed by atoms with Gasteiger partial charge in [-0.2, -0.15) is 0 Å². The standard InChI is InChI=1S/C9H18N2O2/c1-10-6-9(12)11-5-3-4-8(7-11)13-2/h8,10H,3-7H2,1-2H3/t8-/m1/s1. The summed E-state index contributed by atoms with van der Waals surface area (Å²) in [7, 11) is 3.49. The summed E-state index contributed by atoms with van der Waals surface area (Å²) < 4.78 is 5.24. The van der Waals surface area contributed by atoms with E-state index < -0.39 is 0 Å². The molecule has 0 saturated carbocycles. The zero-order chi connectivity index (χ0) is 9.68. The highest BCUT2D eigenvalue weighted by Gasteiger charge is 2.22. The smallest absolute Gasteiger partial charge is 0.236 e. The number of likely N-dealkylation sites (N-methyl/N-ethyl adjacent to an activating group) is 1. The number of piperidine rings is 1. The van der Waals surface area contributed by atoms with Gasteiger partial charge in [-0.15, -0.1) is 0 Å². The molecule has 0 unspecified atom stereocenters. The maximum Gasteiger partial charge on any atom is 0.236 e. The molecule has 1 rings (SSSR count). The second-order valence-corrected chi connectivity index (χ2v) is 3.37. The van der Waals surface area contributed by atoms with Gasteiger partial charge < -0.3 is 15.0 Å². The zero-order valence-corrected chi connectivity index (χ0v) is 8.38. The molecule has 1 aliphatic heterocycles. The van der Waals surface area contributed by atoms with Gasteiger partial charge in [0.05, 0.1) is 12.6 Å². The van der Waals surface area contributed by atoms with Crippen molar-refractivity contribution in [3.05, 3.63) is 0 Å². The lowest BCUT2D eigenvalue weighted by molar-refractivity contribution is -0.133. The van der Waals surface area contributed by atoms with E-state index in [1.54, 1.807) is 14.2 Å². The quantitative estimate of drug-likeness (QED) is 0.666. The first-order valence-corrected chi connectivity index (χ1v) is 4.73. The Bertz CT molecular complexity index is 173. The molecule has 1 aliphatic rings. The molecule has 0 spiro atoms. The Morgan fingerprint density at radius 3 is 3.08 bits per heavy atom. The maximum absolute atomic E-state index is 11.5. The number of amides is 1. The van der Waals surface area contributed by atoms with Crippen LogP contribution in [0.2, 0.25) is 0 Å². The van der Waals surface area contributed by atoms with Gasteiger partial charge in [0.2, 0.25) is 5.91 Å². The minimum atomic E-state index is 0.171. The SMILES string of the molecule is CNCC(=O)N1CCC[C@@H](OC)C1. The van der Waals surface area contributed by atoms with Crippen molar-refractivity contribution in [2.24, 2.45) is 0 Å². The van der Waals surface area contributed by atoms with E-state index in [0.29, 0.717) is 6.54 Å². The van der Waals surface area contributed by atoms with Gasteiger partial charge in [0, 0.05) is 20.2 Å². The first-order valence-electron chi connectivity index (χ1n) is 4.73. The van der Waals surface area contributed by atoms with Crippen LogP contribution in [0.15, 0.2) is 0 Å². The highest BCUT2D eigenvalue weighted by Crippen LogP contribution is 2.11. The summed E-state index contributed by atoms with van der Waals surface area (Å²) in [5.41, 5.74) is 0. The Morgan fingerprint density at radius 2 is 2.46 bits per heavy atom. The maximum atomic E-state index is 11.5. The van der Waals surface area contributed by atoms with E-state index in [9.17, 15) is 4.79 Å². The van der Waals surface area contributed by atoms with Crippen molar-refractivity contribution in [3.8, 4) is 0 Å². The first kappa shape index (κ1) is 10.5. The van der Waals surface area contributed by atoms with Crippen LogP contribution in [-0.2, 0) is 9.53 Å². The summed E-state index contributed by atoms with van der Waals surface area (Å²) in [5.74, 6) is 0.171. The second-order valence-electron chi connectivity index (χ2n) is 3.37. The van der Waals surface area contributed by atoms with Crippen LogP contribution in [-0.4, -0.2) is 50.7 Å². The molecule has 4 heteroatoms. The molecule has 0 radical (unpaired) electrons. The van der Waals surface area contributed by atoms with Gasteiger partial charge in [0.25, 0.3) is 0 Å². The average molecular weight is 186 g/mol. The van der Waals surface area contributed by atoms with Crippen LogP contribution in [0.25, 0.3) is 0 Å². The van der Waals surface area contributed by atoms with Crippen LogP contribution in [0.5, 0.6) is 0 Å². The van der Waals surface area contributed by atoms with Crippen molar-refractivity contribution in [3.63, 3.8) is 0 Å². The molecule has 0 aromatic carbocycles. The molecule has 0 aliphatic carbocycles. The van der Waals surface area contributed by atoms with Gasteiger partial charge in [-0.3, -0.25) is 4.79 Å². The minimum Gasteiger partial charge on any atom is -0.380 e. The second kappa shape index (κ2) is 5.19. The number of ether oxygens (including phenoxy) is 1. The van der Waals surface area contributed by atoms with E-state index in [4.69, 9.17) is 4.74 Å². The number of hydrogen-bond donors (Lipinski definition) is 1. The summed E-state index contributed by atoms with van der Waals surface area (Å²) in [5, 5.41) is 2.87. The number of methoxy groups -OCH3 is 1. The minimum absolute atomic E-state index is 0.171. The third-order valence-electron chi connectivity index (χ3n) is 2.39. The molecule has 1 N–H and O–H groups in total. The monoisotopic (exact) mass is 186 g/mol. The molecule has 0 aromatic heterocycles. The molecule has 76 valence electrons. The lowest BCUT2D eigenvalue weighted by Gasteiger charge is -2.31. The molecule has 0 aromatic rings. The molecule has 1 saturated heterocycles. The van der Waals surface area contributed by atoms with Crippen molar-refractivity contribution >= 4 is 5.91 Å². The van der Waals surface area contributed by atoms with Gasteiger partial charge >= 0.3 is 0 Å². The van der Waals surface area contributed by atoms with Crippen molar-refractivity contribution in [2.75, 3.05) is 33.8 Å². The fourth-order valence-electron chi connectivity index (χ4n) is 1.62. The largest absolute Gasteiger partial charge is 0.380 e. The van der Waals surface area contributed by atoms with Crippen molar-refractivity contribution in [1.82, 2.24) is 10.2 Å². The van der Waals surface area contributed by atoms with Crippen LogP contribution in [0.1, 0.15) is 12.8 Å². The summed E-state index contributed by atoms with van der Waals surface area (Å²) in [6.07, 6.45) is 2.35. The van der Waals surface area contributed by atoms with Crippen LogP contribution in [0, 0.1) is 0 Å². The van der Waals surface area contributed by atoms with E-state index >= 15 is 0 Å². The topological polar surface area (TPSA) is 41.6 Å². The third kappa shape index (κ3) is 2.97.